The Morgan fingerprint density at radius 1 is 1.22 bits per heavy atom. The molecular formula is C17H21BN2O3. The highest BCUT2D eigenvalue weighted by atomic mass is 16.6. The molecule has 2 aromatic rings. The van der Waals surface area contributed by atoms with Gasteiger partial charge in [-0.05, 0) is 23.8 Å². The van der Waals surface area contributed by atoms with Crippen molar-refractivity contribution in [1.29, 1.82) is 0 Å². The standard InChI is InChI=1S/C17H21BN2O3/c1-3-18(4-2)19-12-6-5-7-16(19)13-17(23-18)14-8-10-15(11-9-14)20(21)22/h5-12,17H,3-4,13H2,1-2H3/t17-/m0/s1. The van der Waals surface area contributed by atoms with Gasteiger partial charge in [0, 0.05) is 18.2 Å². The molecule has 0 aliphatic carbocycles. The minimum atomic E-state index is -1.12. The van der Waals surface area contributed by atoms with Crippen LogP contribution in [0.3, 0.4) is 0 Å². The van der Waals surface area contributed by atoms with Gasteiger partial charge in [0.05, 0.1) is 17.4 Å². The number of nitro groups is 1. The average molecular weight is 312 g/mol. The Morgan fingerprint density at radius 3 is 2.52 bits per heavy atom. The van der Waals surface area contributed by atoms with Crippen molar-refractivity contribution < 1.29 is 14.1 Å². The first-order valence-corrected chi connectivity index (χ1v) is 8.19. The van der Waals surface area contributed by atoms with Crippen LogP contribution in [0.25, 0.3) is 0 Å². The van der Waals surface area contributed by atoms with Crippen LogP contribution in [0, 0.1) is 10.1 Å². The molecule has 0 radical (unpaired) electrons. The van der Waals surface area contributed by atoms with Gasteiger partial charge in [-0.2, -0.15) is 0 Å². The molecule has 0 unspecified atom stereocenters. The summed E-state index contributed by atoms with van der Waals surface area (Å²) in [6.07, 6.45) is 4.69. The molecule has 0 bridgehead atoms. The van der Waals surface area contributed by atoms with Gasteiger partial charge in [-0.3, -0.25) is 10.1 Å². The van der Waals surface area contributed by atoms with E-state index in [1.54, 1.807) is 12.1 Å². The molecule has 0 amide bonds. The molecule has 5 nitrogen and oxygen atoms in total. The van der Waals surface area contributed by atoms with Crippen LogP contribution in [0.1, 0.15) is 31.2 Å². The SMILES string of the molecule is CC[B-]1(CC)O[C@H](c2ccc([N+](=O)[O-])cc2)Cc2cccc[n+]21. The monoisotopic (exact) mass is 312 g/mol. The largest absolute Gasteiger partial charge is 0.526 e. The predicted molar refractivity (Wildman–Crippen MR) is 89.4 cm³/mol. The number of rotatable bonds is 4. The second-order valence-electron chi connectivity index (χ2n) is 6.19. The fourth-order valence-electron chi connectivity index (χ4n) is 3.61. The molecule has 3 rings (SSSR count). The number of hydrogen-bond donors (Lipinski definition) is 0. The Bertz CT molecular complexity index is 714. The van der Waals surface area contributed by atoms with Gasteiger partial charge in [0.2, 0.25) is 0 Å². The molecule has 120 valence electrons. The number of nitro benzene ring substituents is 1. The maximum Gasteiger partial charge on any atom is 0.405 e. The van der Waals surface area contributed by atoms with Crippen LogP contribution >= 0.6 is 0 Å². The fraction of sp³-hybridized carbons (Fsp3) is 0.353. The second kappa shape index (κ2) is 6.12. The fourth-order valence-corrected chi connectivity index (χ4v) is 3.61. The highest BCUT2D eigenvalue weighted by Crippen LogP contribution is 2.32. The number of aromatic nitrogens is 1. The molecule has 0 N–H and O–H groups in total. The minimum absolute atomic E-state index is 0.0573. The lowest BCUT2D eigenvalue weighted by Crippen LogP contribution is -2.70. The van der Waals surface area contributed by atoms with Crippen molar-refractivity contribution in [3.63, 3.8) is 0 Å². The van der Waals surface area contributed by atoms with Crippen LogP contribution < -0.4 is 4.48 Å². The molecule has 1 aromatic heterocycles. The van der Waals surface area contributed by atoms with Crippen molar-refractivity contribution in [2.24, 2.45) is 0 Å². The predicted octanol–water partition coefficient (Wildman–Crippen LogP) is 3.53. The average Bonchev–Trinajstić information content (AvgIpc) is 2.60. The van der Waals surface area contributed by atoms with Crippen LogP contribution in [0.5, 0.6) is 0 Å². The van der Waals surface area contributed by atoms with E-state index in [2.05, 4.69) is 36.7 Å². The summed E-state index contributed by atoms with van der Waals surface area (Å²) in [6.45, 7) is 3.20. The first-order chi connectivity index (χ1) is 11.1. The zero-order valence-corrected chi connectivity index (χ0v) is 13.5. The first-order valence-electron chi connectivity index (χ1n) is 8.19. The van der Waals surface area contributed by atoms with E-state index in [0.29, 0.717) is 0 Å². The van der Waals surface area contributed by atoms with E-state index in [4.69, 9.17) is 4.65 Å². The van der Waals surface area contributed by atoms with Crippen molar-refractivity contribution in [1.82, 2.24) is 0 Å². The van der Waals surface area contributed by atoms with Crippen molar-refractivity contribution in [2.75, 3.05) is 0 Å². The molecule has 0 fully saturated rings. The van der Waals surface area contributed by atoms with Gasteiger partial charge in [0.1, 0.15) is 11.9 Å². The highest BCUT2D eigenvalue weighted by molar-refractivity contribution is 6.65. The quantitative estimate of drug-likeness (QED) is 0.493. The number of benzene rings is 1. The number of hydrogen-bond acceptors (Lipinski definition) is 3. The van der Waals surface area contributed by atoms with E-state index >= 15 is 0 Å². The number of pyridine rings is 1. The van der Waals surface area contributed by atoms with Gasteiger partial charge in [0.15, 0.2) is 0 Å². The maximum atomic E-state index is 10.8. The van der Waals surface area contributed by atoms with Crippen LogP contribution in [0.2, 0.25) is 12.6 Å². The lowest BCUT2D eigenvalue weighted by molar-refractivity contribution is -0.581. The van der Waals surface area contributed by atoms with Crippen molar-refractivity contribution >= 4 is 12.2 Å². The van der Waals surface area contributed by atoms with Crippen LogP contribution in [-0.4, -0.2) is 11.4 Å². The molecule has 6 heteroatoms. The molecule has 0 saturated heterocycles. The molecule has 0 spiro atoms. The van der Waals surface area contributed by atoms with E-state index in [-0.39, 0.29) is 16.7 Å². The summed E-state index contributed by atoms with van der Waals surface area (Å²) >= 11 is 0. The number of fused-ring (bicyclic) bond motifs is 1. The summed E-state index contributed by atoms with van der Waals surface area (Å²) in [5, 5.41) is 10.8. The zero-order valence-electron chi connectivity index (χ0n) is 13.5. The van der Waals surface area contributed by atoms with E-state index < -0.39 is 6.48 Å². The smallest absolute Gasteiger partial charge is 0.405 e. The summed E-state index contributed by atoms with van der Waals surface area (Å²) in [4.78, 5) is 10.4. The van der Waals surface area contributed by atoms with Crippen molar-refractivity contribution in [3.05, 3.63) is 70.0 Å². The van der Waals surface area contributed by atoms with Crippen molar-refractivity contribution in [2.45, 2.75) is 39.0 Å². The summed E-state index contributed by atoms with van der Waals surface area (Å²) in [7, 11) is 0. The van der Waals surface area contributed by atoms with Crippen LogP contribution in [0.4, 0.5) is 5.69 Å². The molecule has 23 heavy (non-hydrogen) atoms. The Hall–Kier alpha value is -2.21. The highest BCUT2D eigenvalue weighted by Gasteiger charge is 2.43. The van der Waals surface area contributed by atoms with Gasteiger partial charge in [0.25, 0.3) is 5.69 Å². The van der Waals surface area contributed by atoms with Gasteiger partial charge in [-0.15, -0.1) is 0 Å². The number of nitrogens with zero attached hydrogens (tertiary/aromatic N) is 2. The van der Waals surface area contributed by atoms with Gasteiger partial charge >= 0.3 is 6.48 Å². The molecular weight excluding hydrogens is 291 g/mol. The molecule has 1 aliphatic heterocycles. The Labute approximate surface area is 136 Å². The minimum Gasteiger partial charge on any atom is -0.526 e. The second-order valence-corrected chi connectivity index (χ2v) is 6.19. The van der Waals surface area contributed by atoms with E-state index in [9.17, 15) is 10.1 Å². The summed E-state index contributed by atoms with van der Waals surface area (Å²) in [5.41, 5.74) is 2.37. The van der Waals surface area contributed by atoms with E-state index in [1.165, 1.54) is 5.69 Å². The third kappa shape index (κ3) is 2.74. The van der Waals surface area contributed by atoms with Gasteiger partial charge < -0.3 is 9.13 Å². The third-order valence-electron chi connectivity index (χ3n) is 5.05. The molecule has 2 heterocycles. The molecule has 1 aromatic carbocycles. The molecule has 0 saturated carbocycles. The van der Waals surface area contributed by atoms with Gasteiger partial charge in [-0.1, -0.05) is 32.6 Å². The topological polar surface area (TPSA) is 56.3 Å². The van der Waals surface area contributed by atoms with Crippen molar-refractivity contribution in [3.8, 4) is 0 Å². The lowest BCUT2D eigenvalue weighted by Gasteiger charge is -2.42. The third-order valence-corrected chi connectivity index (χ3v) is 5.05. The molecule has 1 aliphatic rings. The maximum absolute atomic E-state index is 10.8. The van der Waals surface area contributed by atoms with Crippen LogP contribution in [-0.2, 0) is 11.1 Å². The number of non-ortho nitro benzene ring substituents is 1. The van der Waals surface area contributed by atoms with Gasteiger partial charge in [-0.25, -0.2) is 0 Å². The summed E-state index contributed by atoms with van der Waals surface area (Å²) < 4.78 is 8.83. The van der Waals surface area contributed by atoms with Crippen LogP contribution in [0.15, 0.2) is 48.7 Å². The normalized spacial score (nSPS) is 19.1. The summed E-state index contributed by atoms with van der Waals surface area (Å²) in [6, 6.07) is 13.0. The summed E-state index contributed by atoms with van der Waals surface area (Å²) in [5.74, 6) is 0. The molecule has 1 atom stereocenters. The lowest BCUT2D eigenvalue weighted by atomic mass is 9.45. The zero-order chi connectivity index (χ0) is 16.4. The van der Waals surface area contributed by atoms with E-state index in [0.717, 1.165) is 24.6 Å². The Kier molecular flexibility index (Phi) is 4.17. The van der Waals surface area contributed by atoms with E-state index in [1.807, 2.05) is 18.2 Å². The Balaban J connectivity index is 1.98. The first kappa shape index (κ1) is 15.7. The Morgan fingerprint density at radius 2 is 1.91 bits per heavy atom.